The molecule has 124 valence electrons. The summed E-state index contributed by atoms with van der Waals surface area (Å²) in [6.45, 7) is 10.8. The van der Waals surface area contributed by atoms with Gasteiger partial charge in [-0.1, -0.05) is 20.8 Å². The third-order valence-electron chi connectivity index (χ3n) is 5.25. The zero-order valence-electron chi connectivity index (χ0n) is 14.0. The Labute approximate surface area is 129 Å². The molecule has 0 amide bonds. The summed E-state index contributed by atoms with van der Waals surface area (Å²) in [7, 11) is 0. The Morgan fingerprint density at radius 2 is 2.00 bits per heavy atom. The van der Waals surface area contributed by atoms with E-state index in [4.69, 9.17) is 9.47 Å². The second kappa shape index (κ2) is 7.91. The van der Waals surface area contributed by atoms with Crippen molar-refractivity contribution >= 4 is 0 Å². The van der Waals surface area contributed by atoms with Crippen molar-refractivity contribution in [2.75, 3.05) is 32.8 Å². The van der Waals surface area contributed by atoms with Crippen LogP contribution in [0.1, 0.15) is 52.9 Å². The number of aliphatic hydroxyl groups excluding tert-OH is 1. The van der Waals surface area contributed by atoms with E-state index in [-0.39, 0.29) is 11.9 Å². The summed E-state index contributed by atoms with van der Waals surface area (Å²) in [5.41, 5.74) is 0. The molecule has 2 rings (SSSR count). The number of ether oxygens (including phenoxy) is 2. The van der Waals surface area contributed by atoms with E-state index in [9.17, 15) is 5.11 Å². The number of nitrogens with zero attached hydrogens (tertiary/aromatic N) is 1. The van der Waals surface area contributed by atoms with Gasteiger partial charge in [0.2, 0.25) is 0 Å². The van der Waals surface area contributed by atoms with Gasteiger partial charge in [0.25, 0.3) is 0 Å². The van der Waals surface area contributed by atoms with E-state index < -0.39 is 0 Å². The van der Waals surface area contributed by atoms with Crippen LogP contribution in [0.3, 0.4) is 0 Å². The summed E-state index contributed by atoms with van der Waals surface area (Å²) in [4.78, 5) is 2.45. The Kier molecular flexibility index (Phi) is 6.48. The molecule has 1 N–H and O–H groups in total. The predicted molar refractivity (Wildman–Crippen MR) is 84.2 cm³/mol. The van der Waals surface area contributed by atoms with E-state index >= 15 is 0 Å². The number of rotatable bonds is 7. The highest BCUT2D eigenvalue weighted by atomic mass is 16.7. The first-order chi connectivity index (χ1) is 10.1. The van der Waals surface area contributed by atoms with E-state index in [0.717, 1.165) is 51.9 Å². The standard InChI is InChI=1S/C17H33NO3/c1-4-10-18(5-2)11-16-13-20-17(21-16)8-6-15(7-9-17)14(3)12-19/h14-16,19H,4-13H2,1-3H3. The molecule has 0 aromatic rings. The van der Waals surface area contributed by atoms with Crippen molar-refractivity contribution in [3.05, 3.63) is 0 Å². The minimum Gasteiger partial charge on any atom is -0.396 e. The van der Waals surface area contributed by atoms with Crippen molar-refractivity contribution in [3.63, 3.8) is 0 Å². The third kappa shape index (κ3) is 4.41. The second-order valence-electron chi connectivity index (χ2n) is 6.85. The highest BCUT2D eigenvalue weighted by Crippen LogP contribution is 2.42. The smallest absolute Gasteiger partial charge is 0.168 e. The van der Waals surface area contributed by atoms with Crippen molar-refractivity contribution in [1.82, 2.24) is 4.90 Å². The van der Waals surface area contributed by atoms with Gasteiger partial charge in [-0.05, 0) is 44.2 Å². The molecule has 1 saturated heterocycles. The molecule has 2 unspecified atom stereocenters. The number of likely N-dealkylation sites (N-methyl/N-ethyl adjacent to an activating group) is 1. The molecule has 0 radical (unpaired) electrons. The molecule has 1 heterocycles. The molecule has 0 aromatic heterocycles. The summed E-state index contributed by atoms with van der Waals surface area (Å²) in [6.07, 6.45) is 5.61. The lowest BCUT2D eigenvalue weighted by molar-refractivity contribution is -0.196. The highest BCUT2D eigenvalue weighted by Gasteiger charge is 2.44. The van der Waals surface area contributed by atoms with Gasteiger partial charge in [0.05, 0.1) is 12.7 Å². The first kappa shape index (κ1) is 17.2. The Morgan fingerprint density at radius 1 is 1.29 bits per heavy atom. The van der Waals surface area contributed by atoms with Gasteiger partial charge in [0.15, 0.2) is 5.79 Å². The van der Waals surface area contributed by atoms with Crippen molar-refractivity contribution in [2.24, 2.45) is 11.8 Å². The summed E-state index contributed by atoms with van der Waals surface area (Å²) in [5.74, 6) is 0.709. The van der Waals surface area contributed by atoms with E-state index in [1.807, 2.05) is 0 Å². The average molecular weight is 299 g/mol. The molecule has 1 saturated carbocycles. The Balaban J connectivity index is 1.79. The van der Waals surface area contributed by atoms with Crippen LogP contribution in [0.15, 0.2) is 0 Å². The molecular formula is C17H33NO3. The topological polar surface area (TPSA) is 41.9 Å². The highest BCUT2D eigenvalue weighted by molar-refractivity contribution is 4.87. The van der Waals surface area contributed by atoms with Gasteiger partial charge in [-0.2, -0.15) is 0 Å². The first-order valence-corrected chi connectivity index (χ1v) is 8.77. The van der Waals surface area contributed by atoms with Gasteiger partial charge in [-0.15, -0.1) is 0 Å². The molecule has 1 aliphatic heterocycles. The molecule has 2 fully saturated rings. The largest absolute Gasteiger partial charge is 0.396 e. The SMILES string of the molecule is CCCN(CC)CC1COC2(CCC(C(C)CO)CC2)O1. The maximum Gasteiger partial charge on any atom is 0.168 e. The van der Waals surface area contributed by atoms with Crippen LogP contribution < -0.4 is 0 Å². The maximum atomic E-state index is 9.29. The van der Waals surface area contributed by atoms with Crippen molar-refractivity contribution < 1.29 is 14.6 Å². The van der Waals surface area contributed by atoms with Gasteiger partial charge < -0.3 is 19.5 Å². The maximum absolute atomic E-state index is 9.29. The van der Waals surface area contributed by atoms with Crippen LogP contribution in [0.4, 0.5) is 0 Å². The quantitative estimate of drug-likeness (QED) is 0.785. The Hall–Kier alpha value is -0.160. The van der Waals surface area contributed by atoms with Gasteiger partial charge >= 0.3 is 0 Å². The van der Waals surface area contributed by atoms with Gasteiger partial charge in [0, 0.05) is 26.0 Å². The normalized spacial score (nSPS) is 34.7. The fraction of sp³-hybridized carbons (Fsp3) is 1.00. The van der Waals surface area contributed by atoms with Crippen molar-refractivity contribution in [2.45, 2.75) is 64.8 Å². The lowest BCUT2D eigenvalue weighted by atomic mass is 9.78. The summed E-state index contributed by atoms with van der Waals surface area (Å²) in [6, 6.07) is 0. The predicted octanol–water partition coefficient (Wildman–Crippen LogP) is 2.65. The molecule has 2 aliphatic rings. The van der Waals surface area contributed by atoms with Crippen molar-refractivity contribution in [3.8, 4) is 0 Å². The van der Waals surface area contributed by atoms with E-state index in [2.05, 4.69) is 25.7 Å². The first-order valence-electron chi connectivity index (χ1n) is 8.77. The van der Waals surface area contributed by atoms with E-state index in [1.54, 1.807) is 0 Å². The molecule has 21 heavy (non-hydrogen) atoms. The van der Waals surface area contributed by atoms with Crippen LogP contribution in [0.5, 0.6) is 0 Å². The minimum atomic E-state index is -0.317. The number of hydrogen-bond donors (Lipinski definition) is 1. The molecule has 4 nitrogen and oxygen atoms in total. The Morgan fingerprint density at radius 3 is 2.57 bits per heavy atom. The molecule has 0 aromatic carbocycles. The van der Waals surface area contributed by atoms with E-state index in [0.29, 0.717) is 18.4 Å². The van der Waals surface area contributed by atoms with Gasteiger partial charge in [-0.3, -0.25) is 0 Å². The second-order valence-corrected chi connectivity index (χ2v) is 6.85. The van der Waals surface area contributed by atoms with Crippen LogP contribution in [0.2, 0.25) is 0 Å². The number of hydrogen-bond acceptors (Lipinski definition) is 4. The van der Waals surface area contributed by atoms with Crippen molar-refractivity contribution in [1.29, 1.82) is 0 Å². The fourth-order valence-corrected chi connectivity index (χ4v) is 3.75. The summed E-state index contributed by atoms with van der Waals surface area (Å²) >= 11 is 0. The zero-order valence-corrected chi connectivity index (χ0v) is 14.0. The average Bonchev–Trinajstić information content (AvgIpc) is 2.89. The van der Waals surface area contributed by atoms with Crippen LogP contribution in [0.25, 0.3) is 0 Å². The van der Waals surface area contributed by atoms with E-state index in [1.165, 1.54) is 6.42 Å². The lowest BCUT2D eigenvalue weighted by Crippen LogP contribution is -2.39. The molecule has 0 bridgehead atoms. The molecule has 4 heteroatoms. The van der Waals surface area contributed by atoms with Gasteiger partial charge in [0.1, 0.15) is 0 Å². The van der Waals surface area contributed by atoms with Crippen LogP contribution in [-0.4, -0.2) is 54.7 Å². The van der Waals surface area contributed by atoms with Crippen LogP contribution in [-0.2, 0) is 9.47 Å². The molecule has 2 atom stereocenters. The summed E-state index contributed by atoms with van der Waals surface area (Å²) in [5, 5.41) is 9.29. The molecule has 1 spiro atoms. The monoisotopic (exact) mass is 299 g/mol. The van der Waals surface area contributed by atoms with Crippen LogP contribution in [0, 0.1) is 11.8 Å². The third-order valence-corrected chi connectivity index (χ3v) is 5.25. The zero-order chi connectivity index (χ0) is 15.3. The van der Waals surface area contributed by atoms with Gasteiger partial charge in [-0.25, -0.2) is 0 Å². The minimum absolute atomic E-state index is 0.225. The number of aliphatic hydroxyl groups is 1. The summed E-state index contributed by atoms with van der Waals surface area (Å²) < 4.78 is 12.4. The van der Waals surface area contributed by atoms with Crippen LogP contribution >= 0.6 is 0 Å². The molecular weight excluding hydrogens is 266 g/mol. The molecule has 1 aliphatic carbocycles. The lowest BCUT2D eigenvalue weighted by Gasteiger charge is -2.37. The Bertz CT molecular complexity index is 302. The fourth-order valence-electron chi connectivity index (χ4n) is 3.75.